The second-order valence-corrected chi connectivity index (χ2v) is 9.81. The highest BCUT2D eigenvalue weighted by atomic mass is 16.7. The molecule has 1 unspecified atom stereocenters. The van der Waals surface area contributed by atoms with Gasteiger partial charge in [-0.25, -0.2) is 19.7 Å². The molecule has 17 nitrogen and oxygen atoms in total. The minimum absolute atomic E-state index is 0.0476. The predicted octanol–water partition coefficient (Wildman–Crippen LogP) is 3.03. The number of aliphatic hydroxyl groups is 1. The number of rotatable bonds is 11. The van der Waals surface area contributed by atoms with Crippen LogP contribution in [0.3, 0.4) is 0 Å². The molecule has 17 heteroatoms. The second kappa shape index (κ2) is 12.9. The molecule has 1 aliphatic rings. The molecule has 4 aromatic rings. The first-order valence-corrected chi connectivity index (χ1v) is 13.3. The van der Waals surface area contributed by atoms with Crippen LogP contribution in [0.1, 0.15) is 30.4 Å². The normalized spacial score (nSPS) is 20.3. The Balaban J connectivity index is 1.26. The van der Waals surface area contributed by atoms with Crippen LogP contribution < -0.4 is 5.73 Å². The number of carbonyl (C=O) groups excluding carboxylic acids is 1. The lowest BCUT2D eigenvalue weighted by Gasteiger charge is -2.26. The molecule has 0 amide bonds. The molecule has 0 spiro atoms. The Kier molecular flexibility index (Phi) is 8.88. The molecule has 2 aromatic heterocycles. The van der Waals surface area contributed by atoms with Crippen LogP contribution in [0.4, 0.5) is 22.0 Å². The molecule has 5 rings (SSSR count). The van der Waals surface area contributed by atoms with E-state index in [1.54, 1.807) is 31.2 Å². The summed E-state index contributed by atoms with van der Waals surface area (Å²) in [5.74, 6) is 0.139. The molecule has 5 atom stereocenters. The number of fused-ring (bicyclic) bond motifs is 1. The highest BCUT2D eigenvalue weighted by Gasteiger charge is 2.47. The van der Waals surface area contributed by atoms with Gasteiger partial charge in [-0.3, -0.25) is 24.8 Å². The van der Waals surface area contributed by atoms with Gasteiger partial charge >= 0.3 is 6.16 Å². The molecule has 2 aromatic carbocycles. The van der Waals surface area contributed by atoms with Crippen LogP contribution in [0.2, 0.25) is 0 Å². The average molecular weight is 610 g/mol. The zero-order valence-electron chi connectivity index (χ0n) is 23.2. The largest absolute Gasteiger partial charge is 0.508 e. The van der Waals surface area contributed by atoms with Crippen LogP contribution in [-0.4, -0.2) is 72.2 Å². The highest BCUT2D eigenvalue weighted by Crippen LogP contribution is 2.37. The van der Waals surface area contributed by atoms with Crippen LogP contribution in [0.15, 0.2) is 61.2 Å². The topological polar surface area (TPSA) is 230 Å². The van der Waals surface area contributed by atoms with Crippen molar-refractivity contribution >= 4 is 34.5 Å². The maximum Gasteiger partial charge on any atom is 0.508 e. The molecule has 1 fully saturated rings. The van der Waals surface area contributed by atoms with Gasteiger partial charge in [-0.05, 0) is 30.2 Å². The predicted molar refractivity (Wildman–Crippen MR) is 150 cm³/mol. The number of non-ortho nitro benzene ring substituents is 2. The number of ether oxygens (including phenoxy) is 4. The van der Waals surface area contributed by atoms with E-state index >= 15 is 0 Å². The van der Waals surface area contributed by atoms with E-state index in [-0.39, 0.29) is 30.4 Å². The van der Waals surface area contributed by atoms with E-state index in [1.807, 2.05) is 0 Å². The summed E-state index contributed by atoms with van der Waals surface area (Å²) in [5, 5.41) is 33.1. The van der Waals surface area contributed by atoms with Gasteiger partial charge in [0.15, 0.2) is 17.7 Å². The van der Waals surface area contributed by atoms with Gasteiger partial charge < -0.3 is 29.8 Å². The summed E-state index contributed by atoms with van der Waals surface area (Å²) in [7, 11) is 0. The standard InChI is InChI=1S/C27H27N7O10/c1-15(17-4-8-19(9-5-17)34(39)40)43-23-22(35)20(44-26(23)32-14-31-21-24(28)29-13-30-25(21)32)12-42-27(36)41-11-10-16-2-6-18(7-3-16)33(37)38/h2-9,13-15,20,22-23,26,35H,10-12H2,1H3,(H2,28,29,30)/t15?,20-,22-,23-,26-/m1/s1. The van der Waals surface area contributed by atoms with Gasteiger partial charge in [0.1, 0.15) is 36.8 Å². The van der Waals surface area contributed by atoms with E-state index in [1.165, 1.54) is 41.5 Å². The van der Waals surface area contributed by atoms with Crippen molar-refractivity contribution in [2.24, 2.45) is 0 Å². The van der Waals surface area contributed by atoms with E-state index in [9.17, 15) is 30.1 Å². The van der Waals surface area contributed by atoms with Gasteiger partial charge in [0.25, 0.3) is 11.4 Å². The lowest BCUT2D eigenvalue weighted by molar-refractivity contribution is -0.385. The van der Waals surface area contributed by atoms with Gasteiger partial charge in [0, 0.05) is 30.7 Å². The number of benzene rings is 2. The van der Waals surface area contributed by atoms with E-state index < -0.39 is 46.6 Å². The van der Waals surface area contributed by atoms with Crippen LogP contribution >= 0.6 is 0 Å². The molecule has 0 saturated carbocycles. The Hall–Kier alpha value is -5.26. The summed E-state index contributed by atoms with van der Waals surface area (Å²) in [5.41, 5.74) is 7.76. The fourth-order valence-electron chi connectivity index (χ4n) is 4.69. The number of carbonyl (C=O) groups is 1. The van der Waals surface area contributed by atoms with Crippen LogP contribution in [0, 0.1) is 20.2 Å². The molecule has 0 bridgehead atoms. The first-order chi connectivity index (χ1) is 21.1. The number of hydrogen-bond acceptors (Lipinski definition) is 14. The number of aliphatic hydroxyl groups excluding tert-OH is 1. The molecule has 1 aliphatic heterocycles. The molecule has 1 saturated heterocycles. The van der Waals surface area contributed by atoms with Crippen molar-refractivity contribution < 1.29 is 38.7 Å². The third-order valence-electron chi connectivity index (χ3n) is 7.03. The molecule has 44 heavy (non-hydrogen) atoms. The van der Waals surface area contributed by atoms with E-state index in [0.29, 0.717) is 23.1 Å². The van der Waals surface area contributed by atoms with E-state index in [0.717, 1.165) is 5.56 Å². The summed E-state index contributed by atoms with van der Waals surface area (Å²) in [4.78, 5) is 45.5. The van der Waals surface area contributed by atoms with Crippen molar-refractivity contribution in [2.75, 3.05) is 18.9 Å². The zero-order chi connectivity index (χ0) is 31.4. The monoisotopic (exact) mass is 609 g/mol. The highest BCUT2D eigenvalue weighted by molar-refractivity contribution is 5.81. The fourth-order valence-corrected chi connectivity index (χ4v) is 4.69. The van der Waals surface area contributed by atoms with Crippen molar-refractivity contribution in [3.63, 3.8) is 0 Å². The van der Waals surface area contributed by atoms with Gasteiger partial charge in [0.05, 0.1) is 28.9 Å². The van der Waals surface area contributed by atoms with Gasteiger partial charge in [-0.1, -0.05) is 12.1 Å². The molecule has 0 radical (unpaired) electrons. The van der Waals surface area contributed by atoms with Crippen molar-refractivity contribution in [1.82, 2.24) is 19.5 Å². The van der Waals surface area contributed by atoms with Gasteiger partial charge in [-0.2, -0.15) is 0 Å². The first-order valence-electron chi connectivity index (χ1n) is 13.3. The molecular weight excluding hydrogens is 582 g/mol. The van der Waals surface area contributed by atoms with Crippen LogP contribution in [0.25, 0.3) is 11.2 Å². The number of nitro groups is 2. The SMILES string of the molecule is CC(O[C@@H]1[C@H](O)[C@@H](COC(=O)OCCc2ccc([N+](=O)[O-])cc2)O[C@H]1n1cnc2c(N)ncnc21)c1ccc([N+](=O)[O-])cc1. The van der Waals surface area contributed by atoms with Crippen LogP contribution in [0.5, 0.6) is 0 Å². The Morgan fingerprint density at radius 2 is 1.70 bits per heavy atom. The molecular formula is C27H27N7O10. The number of imidazole rings is 1. The molecule has 3 N–H and O–H groups in total. The molecule has 3 heterocycles. The lowest BCUT2D eigenvalue weighted by Crippen LogP contribution is -2.37. The van der Waals surface area contributed by atoms with E-state index in [2.05, 4.69) is 15.0 Å². The third-order valence-corrected chi connectivity index (χ3v) is 7.03. The number of nitrogens with zero attached hydrogens (tertiary/aromatic N) is 6. The summed E-state index contributed by atoms with van der Waals surface area (Å²) in [6, 6.07) is 11.6. The first kappa shape index (κ1) is 30.2. The number of aromatic nitrogens is 4. The van der Waals surface area contributed by atoms with Crippen molar-refractivity contribution in [3.8, 4) is 0 Å². The summed E-state index contributed by atoms with van der Waals surface area (Å²) in [6.07, 6.45) is -3.04. The molecule has 230 valence electrons. The summed E-state index contributed by atoms with van der Waals surface area (Å²) in [6.45, 7) is 1.28. The van der Waals surface area contributed by atoms with Crippen molar-refractivity contribution in [1.29, 1.82) is 0 Å². The number of nitrogens with two attached hydrogens (primary N) is 1. The minimum atomic E-state index is -1.30. The van der Waals surface area contributed by atoms with Gasteiger partial charge in [0.2, 0.25) is 0 Å². The van der Waals surface area contributed by atoms with Crippen molar-refractivity contribution in [2.45, 2.75) is 44.0 Å². The Morgan fingerprint density at radius 1 is 1.05 bits per heavy atom. The lowest BCUT2D eigenvalue weighted by atomic mass is 10.1. The maximum atomic E-state index is 12.3. The Labute approximate surface area is 248 Å². The summed E-state index contributed by atoms with van der Waals surface area (Å²) >= 11 is 0. The number of anilines is 1. The number of nitrogen functional groups attached to an aromatic ring is 1. The minimum Gasteiger partial charge on any atom is -0.434 e. The molecule has 0 aliphatic carbocycles. The second-order valence-electron chi connectivity index (χ2n) is 9.81. The Bertz CT molecular complexity index is 1650. The maximum absolute atomic E-state index is 12.3. The smallest absolute Gasteiger partial charge is 0.434 e. The third kappa shape index (κ3) is 6.54. The Morgan fingerprint density at radius 3 is 2.36 bits per heavy atom. The van der Waals surface area contributed by atoms with Crippen LogP contribution in [-0.2, 0) is 25.4 Å². The van der Waals surface area contributed by atoms with Crippen molar-refractivity contribution in [3.05, 3.63) is 92.5 Å². The zero-order valence-corrected chi connectivity index (χ0v) is 23.2. The van der Waals surface area contributed by atoms with Gasteiger partial charge in [-0.15, -0.1) is 0 Å². The fraction of sp³-hybridized carbons (Fsp3) is 0.333. The number of nitro benzene ring substituents is 2. The van der Waals surface area contributed by atoms with E-state index in [4.69, 9.17) is 24.7 Å². The quantitative estimate of drug-likeness (QED) is 0.141. The summed E-state index contributed by atoms with van der Waals surface area (Å²) < 4.78 is 24.1. The average Bonchev–Trinajstić information content (AvgIpc) is 3.58. The number of hydrogen-bond donors (Lipinski definition) is 2.